The lowest BCUT2D eigenvalue weighted by Gasteiger charge is -2.12. The SMILES string of the molecule is CCOc1ccccc1OCCCC(=O)Nc1cccc2cnccc12. The largest absolute Gasteiger partial charge is 0.490 e. The van der Waals surface area contributed by atoms with E-state index in [1.165, 1.54) is 0 Å². The van der Waals surface area contributed by atoms with Crippen LogP contribution < -0.4 is 14.8 Å². The molecule has 1 amide bonds. The van der Waals surface area contributed by atoms with Crippen LogP contribution in [0.1, 0.15) is 19.8 Å². The number of carbonyl (C=O) groups excluding carboxylic acids is 1. The van der Waals surface area contributed by atoms with Crippen molar-refractivity contribution in [2.24, 2.45) is 0 Å². The normalized spacial score (nSPS) is 10.5. The van der Waals surface area contributed by atoms with Crippen LogP contribution in [0.3, 0.4) is 0 Å². The third-order valence-electron chi connectivity index (χ3n) is 3.91. The summed E-state index contributed by atoms with van der Waals surface area (Å²) in [5.41, 5.74) is 0.803. The number of aromatic nitrogens is 1. The second kappa shape index (κ2) is 8.85. The summed E-state index contributed by atoms with van der Waals surface area (Å²) in [5.74, 6) is 1.40. The van der Waals surface area contributed by atoms with Crippen LogP contribution in [0.5, 0.6) is 11.5 Å². The van der Waals surface area contributed by atoms with Crippen LogP contribution in [0.15, 0.2) is 60.9 Å². The van der Waals surface area contributed by atoms with Gasteiger partial charge >= 0.3 is 0 Å². The van der Waals surface area contributed by atoms with Crippen LogP contribution in [-0.2, 0) is 4.79 Å². The molecule has 1 N–H and O–H groups in total. The molecular formula is C21H22N2O3. The summed E-state index contributed by atoms with van der Waals surface area (Å²) in [6, 6.07) is 15.2. The average molecular weight is 350 g/mol. The van der Waals surface area contributed by atoms with Gasteiger partial charge in [-0.2, -0.15) is 0 Å². The topological polar surface area (TPSA) is 60.5 Å². The summed E-state index contributed by atoms with van der Waals surface area (Å²) in [6.07, 6.45) is 4.52. The van der Waals surface area contributed by atoms with E-state index >= 15 is 0 Å². The number of ether oxygens (including phenoxy) is 2. The Morgan fingerprint density at radius 1 is 1.04 bits per heavy atom. The molecule has 0 bridgehead atoms. The zero-order valence-electron chi connectivity index (χ0n) is 14.8. The molecule has 0 aliphatic rings. The van der Waals surface area contributed by atoms with Crippen LogP contribution in [-0.4, -0.2) is 24.1 Å². The fourth-order valence-electron chi connectivity index (χ4n) is 2.70. The Morgan fingerprint density at radius 3 is 2.65 bits per heavy atom. The van der Waals surface area contributed by atoms with E-state index < -0.39 is 0 Å². The number of fused-ring (bicyclic) bond motifs is 1. The molecule has 0 fully saturated rings. The van der Waals surface area contributed by atoms with Crippen molar-refractivity contribution in [1.82, 2.24) is 4.98 Å². The molecule has 0 aliphatic carbocycles. The molecule has 5 heteroatoms. The van der Waals surface area contributed by atoms with Crippen LogP contribution in [0.25, 0.3) is 10.8 Å². The number of amides is 1. The first kappa shape index (κ1) is 17.7. The molecule has 1 aromatic heterocycles. The van der Waals surface area contributed by atoms with Crippen molar-refractivity contribution >= 4 is 22.4 Å². The standard InChI is InChI=1S/C21H22N2O3/c1-2-25-19-9-3-4-10-20(19)26-14-6-11-21(24)23-18-8-5-7-16-15-22-13-12-17(16)18/h3-5,7-10,12-13,15H,2,6,11,14H2,1H3,(H,23,24). The minimum Gasteiger partial charge on any atom is -0.490 e. The van der Waals surface area contributed by atoms with Gasteiger partial charge in [0.05, 0.1) is 13.2 Å². The van der Waals surface area contributed by atoms with Crippen molar-refractivity contribution in [3.63, 3.8) is 0 Å². The Hall–Kier alpha value is -3.08. The Kier molecular flexibility index (Phi) is 6.04. The summed E-state index contributed by atoms with van der Waals surface area (Å²) < 4.78 is 11.3. The summed E-state index contributed by atoms with van der Waals surface area (Å²) >= 11 is 0. The molecule has 0 saturated heterocycles. The molecule has 1 heterocycles. The molecule has 0 saturated carbocycles. The number of pyridine rings is 1. The van der Waals surface area contributed by atoms with Crippen molar-refractivity contribution in [3.8, 4) is 11.5 Å². The second-order valence-corrected chi connectivity index (χ2v) is 5.78. The fourth-order valence-corrected chi connectivity index (χ4v) is 2.70. The first-order valence-electron chi connectivity index (χ1n) is 8.75. The quantitative estimate of drug-likeness (QED) is 0.611. The average Bonchev–Trinajstić information content (AvgIpc) is 2.67. The van der Waals surface area contributed by atoms with Crippen molar-refractivity contribution in [1.29, 1.82) is 0 Å². The number of para-hydroxylation sites is 2. The first-order valence-corrected chi connectivity index (χ1v) is 8.75. The minimum absolute atomic E-state index is 0.0315. The number of anilines is 1. The predicted octanol–water partition coefficient (Wildman–Crippen LogP) is 4.43. The van der Waals surface area contributed by atoms with E-state index in [1.807, 2.05) is 55.5 Å². The molecule has 134 valence electrons. The molecule has 0 unspecified atom stereocenters. The van der Waals surface area contributed by atoms with Gasteiger partial charge in [0.25, 0.3) is 0 Å². The van der Waals surface area contributed by atoms with Gasteiger partial charge in [0.2, 0.25) is 5.91 Å². The Balaban J connectivity index is 1.50. The molecule has 0 radical (unpaired) electrons. The first-order chi connectivity index (χ1) is 12.8. The maximum absolute atomic E-state index is 12.2. The van der Waals surface area contributed by atoms with Crippen LogP contribution in [0.4, 0.5) is 5.69 Å². The van der Waals surface area contributed by atoms with Crippen molar-refractivity contribution in [2.75, 3.05) is 18.5 Å². The van der Waals surface area contributed by atoms with E-state index in [-0.39, 0.29) is 5.91 Å². The van der Waals surface area contributed by atoms with Gasteiger partial charge in [0.1, 0.15) is 0 Å². The molecule has 3 aromatic rings. The highest BCUT2D eigenvalue weighted by Crippen LogP contribution is 2.26. The van der Waals surface area contributed by atoms with Crippen LogP contribution in [0.2, 0.25) is 0 Å². The third kappa shape index (κ3) is 4.51. The summed E-state index contributed by atoms with van der Waals surface area (Å²) in [5, 5.41) is 4.95. The van der Waals surface area contributed by atoms with Crippen LogP contribution in [0, 0.1) is 0 Å². The number of rotatable bonds is 8. The number of carbonyl (C=O) groups is 1. The summed E-state index contributed by atoms with van der Waals surface area (Å²) in [6.45, 7) is 2.98. The molecule has 0 atom stereocenters. The Bertz CT molecular complexity index is 875. The van der Waals surface area contributed by atoms with Gasteiger partial charge in [-0.1, -0.05) is 24.3 Å². The van der Waals surface area contributed by atoms with E-state index in [4.69, 9.17) is 9.47 Å². The number of nitrogens with zero attached hydrogens (tertiary/aromatic N) is 1. The zero-order valence-corrected chi connectivity index (χ0v) is 14.8. The van der Waals surface area contributed by atoms with Gasteiger partial charge in [-0.25, -0.2) is 0 Å². The Morgan fingerprint density at radius 2 is 1.85 bits per heavy atom. The van der Waals surface area contributed by atoms with E-state index in [2.05, 4.69) is 10.3 Å². The van der Waals surface area contributed by atoms with E-state index in [1.54, 1.807) is 12.4 Å². The van der Waals surface area contributed by atoms with Crippen molar-refractivity contribution in [2.45, 2.75) is 19.8 Å². The van der Waals surface area contributed by atoms with Gasteiger partial charge in [-0.15, -0.1) is 0 Å². The minimum atomic E-state index is -0.0315. The Labute approximate surface area is 153 Å². The van der Waals surface area contributed by atoms with Crippen molar-refractivity contribution < 1.29 is 14.3 Å². The van der Waals surface area contributed by atoms with E-state index in [0.717, 1.165) is 22.2 Å². The highest BCUT2D eigenvalue weighted by Gasteiger charge is 2.07. The fraction of sp³-hybridized carbons (Fsp3) is 0.238. The lowest BCUT2D eigenvalue weighted by Crippen LogP contribution is -2.13. The van der Waals surface area contributed by atoms with Gasteiger partial charge in [0.15, 0.2) is 11.5 Å². The van der Waals surface area contributed by atoms with Gasteiger partial charge in [-0.3, -0.25) is 9.78 Å². The predicted molar refractivity (Wildman–Crippen MR) is 103 cm³/mol. The molecule has 3 rings (SSSR count). The highest BCUT2D eigenvalue weighted by molar-refractivity contribution is 6.01. The molecule has 0 spiro atoms. The monoisotopic (exact) mass is 350 g/mol. The number of nitrogens with one attached hydrogen (secondary N) is 1. The molecule has 2 aromatic carbocycles. The van der Waals surface area contributed by atoms with Gasteiger partial charge < -0.3 is 14.8 Å². The molecule has 0 aliphatic heterocycles. The van der Waals surface area contributed by atoms with E-state index in [9.17, 15) is 4.79 Å². The summed E-state index contributed by atoms with van der Waals surface area (Å²) in [7, 11) is 0. The maximum Gasteiger partial charge on any atom is 0.224 e. The smallest absolute Gasteiger partial charge is 0.224 e. The second-order valence-electron chi connectivity index (χ2n) is 5.78. The lowest BCUT2D eigenvalue weighted by atomic mass is 10.1. The number of hydrogen-bond acceptors (Lipinski definition) is 4. The maximum atomic E-state index is 12.2. The molecular weight excluding hydrogens is 328 g/mol. The molecule has 5 nitrogen and oxygen atoms in total. The van der Waals surface area contributed by atoms with E-state index in [0.29, 0.717) is 31.8 Å². The van der Waals surface area contributed by atoms with Crippen LogP contribution >= 0.6 is 0 Å². The lowest BCUT2D eigenvalue weighted by molar-refractivity contribution is -0.116. The van der Waals surface area contributed by atoms with Gasteiger partial charge in [-0.05, 0) is 37.6 Å². The number of benzene rings is 2. The highest BCUT2D eigenvalue weighted by atomic mass is 16.5. The number of hydrogen-bond donors (Lipinski definition) is 1. The molecule has 26 heavy (non-hydrogen) atoms. The van der Waals surface area contributed by atoms with Crippen molar-refractivity contribution in [3.05, 3.63) is 60.9 Å². The third-order valence-corrected chi connectivity index (χ3v) is 3.91. The van der Waals surface area contributed by atoms with Gasteiger partial charge in [0, 0.05) is 35.3 Å². The summed E-state index contributed by atoms with van der Waals surface area (Å²) in [4.78, 5) is 16.3. The zero-order chi connectivity index (χ0) is 18.2.